The number of nitrogens with one attached hydrogen (secondary N) is 1. The Labute approximate surface area is 202 Å². The molecule has 1 aromatic carbocycles. The minimum atomic E-state index is -0.689. The van der Waals surface area contributed by atoms with Gasteiger partial charge in [-0.05, 0) is 53.2 Å². The van der Waals surface area contributed by atoms with Crippen LogP contribution in [-0.2, 0) is 19.1 Å². The summed E-state index contributed by atoms with van der Waals surface area (Å²) < 4.78 is 10.8. The molecule has 0 radical (unpaired) electrons. The van der Waals surface area contributed by atoms with Crippen molar-refractivity contribution in [3.8, 4) is 0 Å². The molecule has 0 aliphatic carbocycles. The molecule has 1 amide bonds. The molecule has 3 atom stereocenters. The topological polar surface area (TPSA) is 101 Å². The van der Waals surface area contributed by atoms with Crippen LogP contribution in [0.3, 0.4) is 0 Å². The van der Waals surface area contributed by atoms with Crippen LogP contribution in [0.5, 0.6) is 0 Å². The first-order valence-corrected chi connectivity index (χ1v) is 11.8. The maximum atomic E-state index is 12.9. The van der Waals surface area contributed by atoms with E-state index in [1.807, 2.05) is 0 Å². The molecule has 1 aromatic heterocycles. The van der Waals surface area contributed by atoms with Gasteiger partial charge in [-0.3, -0.25) is 14.4 Å². The number of benzene rings is 1. The molecule has 0 bridgehead atoms. The Balaban J connectivity index is 1.76. The number of likely N-dealkylation sites (tertiary alicyclic amines) is 1. The summed E-state index contributed by atoms with van der Waals surface area (Å²) in [5.74, 6) is -0.958. The number of fused-ring (bicyclic) bond motifs is 3. The number of hydroxylamine groups is 1. The Kier molecular flexibility index (Phi) is 6.52. The molecule has 0 saturated carbocycles. The van der Waals surface area contributed by atoms with E-state index in [4.69, 9.17) is 25.9 Å². The SMILES string of the molecule is CCOC(=O)C1CC(N2OC(C)c3c2c2c(Cl)cccc2[nH]c3=O)CN(C(=O)OC(C)(C)C)C1. The van der Waals surface area contributed by atoms with E-state index in [-0.39, 0.29) is 31.2 Å². The van der Waals surface area contributed by atoms with Gasteiger partial charge in [-0.2, -0.15) is 0 Å². The van der Waals surface area contributed by atoms with Gasteiger partial charge < -0.3 is 19.4 Å². The molecular formula is C24H30ClN3O6. The number of pyridine rings is 1. The van der Waals surface area contributed by atoms with Crippen molar-refractivity contribution in [2.75, 3.05) is 24.8 Å². The minimum absolute atomic E-state index is 0.178. The largest absolute Gasteiger partial charge is 0.466 e. The number of aromatic nitrogens is 1. The fourth-order valence-electron chi connectivity index (χ4n) is 4.60. The van der Waals surface area contributed by atoms with Gasteiger partial charge in [0.1, 0.15) is 11.7 Å². The third-order valence-electron chi connectivity index (χ3n) is 5.93. The van der Waals surface area contributed by atoms with Crippen molar-refractivity contribution in [2.24, 2.45) is 5.92 Å². The number of hydrogen-bond donors (Lipinski definition) is 1. The Morgan fingerprint density at radius 2 is 2.00 bits per heavy atom. The van der Waals surface area contributed by atoms with Gasteiger partial charge in [0.2, 0.25) is 0 Å². The molecule has 10 heteroatoms. The number of anilines is 1. The van der Waals surface area contributed by atoms with Crippen LogP contribution in [0.25, 0.3) is 10.9 Å². The van der Waals surface area contributed by atoms with Crippen molar-refractivity contribution < 1.29 is 23.9 Å². The molecule has 2 aromatic rings. The van der Waals surface area contributed by atoms with Crippen molar-refractivity contribution in [3.05, 3.63) is 39.1 Å². The van der Waals surface area contributed by atoms with Crippen LogP contribution in [0.4, 0.5) is 10.5 Å². The molecule has 34 heavy (non-hydrogen) atoms. The first-order valence-electron chi connectivity index (χ1n) is 11.4. The van der Waals surface area contributed by atoms with Crippen LogP contribution in [0.2, 0.25) is 5.02 Å². The number of ether oxygens (including phenoxy) is 2. The number of piperidine rings is 1. The zero-order chi connectivity index (χ0) is 24.8. The van der Waals surface area contributed by atoms with Crippen molar-refractivity contribution >= 4 is 40.3 Å². The van der Waals surface area contributed by atoms with Crippen LogP contribution in [0.1, 0.15) is 52.7 Å². The monoisotopic (exact) mass is 491 g/mol. The highest BCUT2D eigenvalue weighted by Crippen LogP contribution is 2.44. The predicted octanol–water partition coefficient (Wildman–Crippen LogP) is 4.18. The normalized spacial score (nSPS) is 22.6. The summed E-state index contributed by atoms with van der Waals surface area (Å²) in [6.07, 6.45) is -0.673. The number of aromatic amines is 1. The Morgan fingerprint density at radius 1 is 1.26 bits per heavy atom. The summed E-state index contributed by atoms with van der Waals surface area (Å²) in [6.45, 7) is 9.56. The van der Waals surface area contributed by atoms with E-state index in [9.17, 15) is 14.4 Å². The summed E-state index contributed by atoms with van der Waals surface area (Å²) >= 11 is 6.55. The van der Waals surface area contributed by atoms with E-state index in [2.05, 4.69) is 4.98 Å². The molecule has 4 rings (SSSR count). The van der Waals surface area contributed by atoms with Crippen molar-refractivity contribution in [1.29, 1.82) is 0 Å². The Hall–Kier alpha value is -2.78. The fraction of sp³-hybridized carbons (Fsp3) is 0.542. The molecule has 1 fully saturated rings. The van der Waals surface area contributed by atoms with Crippen LogP contribution in [-0.4, -0.2) is 53.3 Å². The first kappa shape index (κ1) is 24.3. The van der Waals surface area contributed by atoms with Gasteiger partial charge in [0.15, 0.2) is 0 Å². The number of rotatable bonds is 3. The highest BCUT2D eigenvalue weighted by Gasteiger charge is 2.43. The maximum Gasteiger partial charge on any atom is 0.410 e. The lowest BCUT2D eigenvalue weighted by molar-refractivity contribution is -0.150. The summed E-state index contributed by atoms with van der Waals surface area (Å²) in [5, 5.41) is 2.77. The Bertz CT molecular complexity index is 1170. The fourth-order valence-corrected chi connectivity index (χ4v) is 4.86. The molecule has 9 nitrogen and oxygen atoms in total. The zero-order valence-corrected chi connectivity index (χ0v) is 20.8. The molecule has 1 N–H and O–H groups in total. The molecular weight excluding hydrogens is 462 g/mol. The zero-order valence-electron chi connectivity index (χ0n) is 20.0. The number of hydrogen-bond acceptors (Lipinski definition) is 7. The highest BCUT2D eigenvalue weighted by atomic mass is 35.5. The third kappa shape index (κ3) is 4.59. The first-order chi connectivity index (χ1) is 16.0. The van der Waals surface area contributed by atoms with Gasteiger partial charge >= 0.3 is 12.1 Å². The quantitative estimate of drug-likeness (QED) is 0.642. The number of esters is 1. The predicted molar refractivity (Wildman–Crippen MR) is 128 cm³/mol. The van der Waals surface area contributed by atoms with E-state index in [0.717, 1.165) is 0 Å². The molecule has 2 aliphatic rings. The average molecular weight is 492 g/mol. The molecule has 1 saturated heterocycles. The lowest BCUT2D eigenvalue weighted by Gasteiger charge is -2.41. The van der Waals surface area contributed by atoms with Gasteiger partial charge in [-0.25, -0.2) is 9.86 Å². The average Bonchev–Trinajstić information content (AvgIpc) is 3.10. The second-order valence-corrected chi connectivity index (χ2v) is 10.1. The highest BCUT2D eigenvalue weighted by molar-refractivity contribution is 6.36. The van der Waals surface area contributed by atoms with Gasteiger partial charge in [0.05, 0.1) is 40.4 Å². The van der Waals surface area contributed by atoms with E-state index in [1.54, 1.807) is 57.9 Å². The van der Waals surface area contributed by atoms with Gasteiger partial charge in [-0.15, -0.1) is 0 Å². The van der Waals surface area contributed by atoms with Crippen LogP contribution < -0.4 is 10.6 Å². The van der Waals surface area contributed by atoms with Crippen LogP contribution in [0.15, 0.2) is 23.0 Å². The van der Waals surface area contributed by atoms with E-state index in [0.29, 0.717) is 33.6 Å². The van der Waals surface area contributed by atoms with E-state index < -0.39 is 29.8 Å². The summed E-state index contributed by atoms with van der Waals surface area (Å²) in [4.78, 5) is 49.1. The van der Waals surface area contributed by atoms with Crippen molar-refractivity contribution in [3.63, 3.8) is 0 Å². The van der Waals surface area contributed by atoms with E-state index in [1.165, 1.54) is 4.90 Å². The molecule has 0 spiro atoms. The molecule has 3 heterocycles. The van der Waals surface area contributed by atoms with Crippen LogP contribution in [0, 0.1) is 5.92 Å². The number of halogens is 1. The van der Waals surface area contributed by atoms with Gasteiger partial charge in [-0.1, -0.05) is 17.7 Å². The van der Waals surface area contributed by atoms with Crippen LogP contribution >= 0.6 is 11.6 Å². The lowest BCUT2D eigenvalue weighted by atomic mass is 9.93. The number of carbonyl (C=O) groups excluding carboxylic acids is 2. The second-order valence-electron chi connectivity index (χ2n) is 9.68. The standard InChI is InChI=1S/C24H30ClN3O6/c1-6-32-22(30)14-10-15(12-27(11-14)23(31)33-24(3,4)5)28-20-18(13(2)34-28)21(29)26-17-9-7-8-16(25)19(17)20/h7-9,13-15H,6,10-12H2,1-5H3,(H,26,29). The second kappa shape index (κ2) is 9.11. The van der Waals surface area contributed by atoms with E-state index >= 15 is 0 Å². The van der Waals surface area contributed by atoms with Gasteiger partial charge in [0.25, 0.3) is 5.56 Å². The smallest absolute Gasteiger partial charge is 0.410 e. The molecule has 184 valence electrons. The molecule has 3 unspecified atom stereocenters. The number of H-pyrrole nitrogens is 1. The summed E-state index contributed by atoms with van der Waals surface area (Å²) in [7, 11) is 0. The lowest BCUT2D eigenvalue weighted by Crippen LogP contribution is -2.54. The number of carbonyl (C=O) groups is 2. The Morgan fingerprint density at radius 3 is 2.68 bits per heavy atom. The summed E-state index contributed by atoms with van der Waals surface area (Å²) in [6, 6.07) is 4.86. The minimum Gasteiger partial charge on any atom is -0.466 e. The van der Waals surface area contributed by atoms with Crippen molar-refractivity contribution in [2.45, 2.75) is 58.8 Å². The third-order valence-corrected chi connectivity index (χ3v) is 6.24. The summed E-state index contributed by atoms with van der Waals surface area (Å²) in [5.41, 5.74) is 0.659. The number of amides is 1. The van der Waals surface area contributed by atoms with Gasteiger partial charge in [0, 0.05) is 18.5 Å². The molecule has 2 aliphatic heterocycles. The van der Waals surface area contributed by atoms with Crippen molar-refractivity contribution in [1.82, 2.24) is 9.88 Å². The number of nitrogens with zero attached hydrogens (tertiary/aromatic N) is 2. The maximum absolute atomic E-state index is 12.9.